The number of benzene rings is 2. The van der Waals surface area contributed by atoms with Gasteiger partial charge in [0.15, 0.2) is 5.82 Å². The number of nitrogens with one attached hydrogen (secondary N) is 1. The number of H-pyrrole nitrogens is 1. The van der Waals surface area contributed by atoms with Crippen LogP contribution in [-0.2, 0) is 13.1 Å². The van der Waals surface area contributed by atoms with Crippen LogP contribution in [-0.4, -0.2) is 26.8 Å². The van der Waals surface area contributed by atoms with E-state index in [4.69, 9.17) is 4.42 Å². The first-order chi connectivity index (χ1) is 15.1. The molecule has 0 radical (unpaired) electrons. The van der Waals surface area contributed by atoms with Crippen molar-refractivity contribution in [2.45, 2.75) is 13.1 Å². The maximum Gasteiger partial charge on any atom is 0.256 e. The van der Waals surface area contributed by atoms with Crippen molar-refractivity contribution in [2.24, 2.45) is 0 Å². The van der Waals surface area contributed by atoms with Crippen molar-refractivity contribution in [1.29, 1.82) is 0 Å². The summed E-state index contributed by atoms with van der Waals surface area (Å²) >= 11 is 0. The molecule has 3 heterocycles. The molecule has 7 heteroatoms. The topological polar surface area (TPSA) is 80.0 Å². The number of furan rings is 1. The largest absolute Gasteiger partial charge is 0.459 e. The minimum Gasteiger partial charge on any atom is -0.459 e. The first-order valence-corrected chi connectivity index (χ1v) is 9.99. The summed E-state index contributed by atoms with van der Waals surface area (Å²) in [6.45, 7) is 4.89. The highest BCUT2D eigenvalue weighted by atomic mass is 16.3. The minimum atomic E-state index is -0.154. The van der Waals surface area contributed by atoms with Crippen LogP contribution in [0.4, 0.5) is 5.95 Å². The van der Waals surface area contributed by atoms with Crippen LogP contribution in [0.15, 0.2) is 82.5 Å². The molecule has 0 saturated heterocycles. The van der Waals surface area contributed by atoms with Crippen molar-refractivity contribution < 1.29 is 4.42 Å². The third kappa shape index (κ3) is 3.40. The second kappa shape index (κ2) is 7.60. The van der Waals surface area contributed by atoms with Gasteiger partial charge in [0, 0.05) is 24.4 Å². The highest BCUT2D eigenvalue weighted by molar-refractivity contribution is 5.84. The molecule has 0 spiro atoms. The van der Waals surface area contributed by atoms with Crippen molar-refractivity contribution in [3.63, 3.8) is 0 Å². The number of aromatic nitrogens is 4. The summed E-state index contributed by atoms with van der Waals surface area (Å²) in [7, 11) is 1.93. The molecule has 5 rings (SSSR count). The summed E-state index contributed by atoms with van der Waals surface area (Å²) in [6, 6.07) is 19.3. The molecule has 31 heavy (non-hydrogen) atoms. The lowest BCUT2D eigenvalue weighted by Gasteiger charge is -2.18. The Morgan fingerprint density at radius 1 is 1.10 bits per heavy atom. The molecule has 154 valence electrons. The molecular formula is C24H21N5O2. The van der Waals surface area contributed by atoms with E-state index in [0.29, 0.717) is 35.9 Å². The van der Waals surface area contributed by atoms with Gasteiger partial charge in [0.25, 0.3) is 5.56 Å². The number of aromatic amines is 1. The van der Waals surface area contributed by atoms with Gasteiger partial charge in [0.1, 0.15) is 11.3 Å². The van der Waals surface area contributed by atoms with E-state index in [0.717, 1.165) is 22.1 Å². The molecule has 2 aromatic carbocycles. The quantitative estimate of drug-likeness (QED) is 0.420. The fraction of sp³-hybridized carbons (Fsp3) is 0.125. The zero-order valence-electron chi connectivity index (χ0n) is 17.1. The van der Waals surface area contributed by atoms with Crippen molar-refractivity contribution in [1.82, 2.24) is 19.7 Å². The van der Waals surface area contributed by atoms with E-state index in [2.05, 4.69) is 21.8 Å². The minimum absolute atomic E-state index is 0.154. The Kier molecular flexibility index (Phi) is 4.63. The standard InChI is InChI=1S/C24H21N5O2/c1-3-12-29-22(20-14-16-8-4-6-10-19(16)23(30)25-20)26-27-24(29)28(2)15-18-13-17-9-5-7-11-21(17)31-18/h3-11,13-14H,1,12,15H2,2H3,(H,25,30). The molecule has 0 amide bonds. The van der Waals surface area contributed by atoms with Crippen LogP contribution < -0.4 is 10.5 Å². The van der Waals surface area contributed by atoms with Crippen molar-refractivity contribution >= 4 is 27.7 Å². The van der Waals surface area contributed by atoms with Crippen LogP contribution in [0.3, 0.4) is 0 Å². The van der Waals surface area contributed by atoms with Gasteiger partial charge in [-0.2, -0.15) is 0 Å². The summed E-state index contributed by atoms with van der Waals surface area (Å²) in [4.78, 5) is 17.5. The van der Waals surface area contributed by atoms with Gasteiger partial charge < -0.3 is 14.3 Å². The highest BCUT2D eigenvalue weighted by Gasteiger charge is 2.19. The second-order valence-electron chi connectivity index (χ2n) is 7.43. The molecule has 0 aliphatic rings. The molecule has 0 aliphatic heterocycles. The molecule has 0 unspecified atom stereocenters. The number of nitrogens with zero attached hydrogens (tertiary/aromatic N) is 4. The van der Waals surface area contributed by atoms with Gasteiger partial charge in [-0.3, -0.25) is 9.36 Å². The van der Waals surface area contributed by atoms with Gasteiger partial charge in [-0.1, -0.05) is 42.5 Å². The molecule has 3 aromatic heterocycles. The summed E-state index contributed by atoms with van der Waals surface area (Å²) in [5, 5.41) is 11.3. The molecule has 7 nitrogen and oxygen atoms in total. The van der Waals surface area contributed by atoms with Gasteiger partial charge in [-0.15, -0.1) is 16.8 Å². The van der Waals surface area contributed by atoms with Crippen LogP contribution >= 0.6 is 0 Å². The summed E-state index contributed by atoms with van der Waals surface area (Å²) < 4.78 is 7.87. The van der Waals surface area contributed by atoms with E-state index in [1.54, 1.807) is 12.1 Å². The van der Waals surface area contributed by atoms with Gasteiger partial charge in [0.05, 0.1) is 12.2 Å². The Hall–Kier alpha value is -4.13. The van der Waals surface area contributed by atoms with Gasteiger partial charge in [-0.05, 0) is 29.7 Å². The monoisotopic (exact) mass is 411 g/mol. The number of anilines is 1. The lowest BCUT2D eigenvalue weighted by molar-refractivity contribution is 0.542. The van der Waals surface area contributed by atoms with E-state index >= 15 is 0 Å². The van der Waals surface area contributed by atoms with E-state index in [1.165, 1.54) is 0 Å². The fourth-order valence-electron chi connectivity index (χ4n) is 3.82. The van der Waals surface area contributed by atoms with Crippen molar-refractivity contribution in [2.75, 3.05) is 11.9 Å². The zero-order chi connectivity index (χ0) is 21.4. The number of para-hydroxylation sites is 1. The molecule has 0 bridgehead atoms. The predicted octanol–water partition coefficient (Wildman–Crippen LogP) is 4.36. The average molecular weight is 411 g/mol. The maximum atomic E-state index is 12.6. The predicted molar refractivity (Wildman–Crippen MR) is 122 cm³/mol. The number of hydrogen-bond donors (Lipinski definition) is 1. The first-order valence-electron chi connectivity index (χ1n) is 9.99. The summed E-state index contributed by atoms with van der Waals surface area (Å²) in [6.07, 6.45) is 1.78. The molecule has 0 saturated carbocycles. The smallest absolute Gasteiger partial charge is 0.256 e. The highest BCUT2D eigenvalue weighted by Crippen LogP contribution is 2.25. The van der Waals surface area contributed by atoms with E-state index in [-0.39, 0.29) is 5.56 Å². The molecule has 0 fully saturated rings. The van der Waals surface area contributed by atoms with E-state index in [9.17, 15) is 4.79 Å². The van der Waals surface area contributed by atoms with Gasteiger partial charge in [0.2, 0.25) is 5.95 Å². The van der Waals surface area contributed by atoms with E-state index in [1.807, 2.05) is 71.1 Å². The van der Waals surface area contributed by atoms with Gasteiger partial charge >= 0.3 is 0 Å². The van der Waals surface area contributed by atoms with Crippen molar-refractivity contribution in [3.8, 4) is 11.5 Å². The number of allylic oxidation sites excluding steroid dienone is 1. The lowest BCUT2D eigenvalue weighted by Crippen LogP contribution is -2.21. The van der Waals surface area contributed by atoms with Crippen LogP contribution in [0.25, 0.3) is 33.3 Å². The molecule has 1 N–H and O–H groups in total. The SMILES string of the molecule is C=CCn1c(-c2cc3ccccc3c(=O)[nH]2)nnc1N(C)Cc1cc2ccccc2o1. The van der Waals surface area contributed by atoms with Crippen LogP contribution in [0, 0.1) is 0 Å². The normalized spacial score (nSPS) is 11.3. The lowest BCUT2D eigenvalue weighted by atomic mass is 10.1. The third-order valence-electron chi connectivity index (χ3n) is 5.25. The van der Waals surface area contributed by atoms with Gasteiger partial charge in [-0.25, -0.2) is 0 Å². The van der Waals surface area contributed by atoms with Crippen LogP contribution in [0.1, 0.15) is 5.76 Å². The third-order valence-corrected chi connectivity index (χ3v) is 5.25. The number of fused-ring (bicyclic) bond motifs is 2. The molecule has 0 aliphatic carbocycles. The first kappa shape index (κ1) is 18.9. The summed E-state index contributed by atoms with van der Waals surface area (Å²) in [5.41, 5.74) is 1.31. The van der Waals surface area contributed by atoms with E-state index < -0.39 is 0 Å². The molecule has 0 atom stereocenters. The number of hydrogen-bond acceptors (Lipinski definition) is 5. The zero-order valence-corrected chi connectivity index (χ0v) is 17.1. The Bertz CT molecular complexity index is 1430. The number of pyridine rings is 1. The Morgan fingerprint density at radius 2 is 1.87 bits per heavy atom. The summed E-state index contributed by atoms with van der Waals surface area (Å²) in [5.74, 6) is 2.07. The fourth-order valence-corrected chi connectivity index (χ4v) is 3.82. The Morgan fingerprint density at radius 3 is 2.68 bits per heavy atom. The van der Waals surface area contributed by atoms with Crippen LogP contribution in [0.5, 0.6) is 0 Å². The number of rotatable bonds is 6. The molecule has 5 aromatic rings. The molecular weight excluding hydrogens is 390 g/mol. The second-order valence-corrected chi connectivity index (χ2v) is 7.43. The van der Waals surface area contributed by atoms with Crippen LogP contribution in [0.2, 0.25) is 0 Å². The Balaban J connectivity index is 1.53. The Labute approximate surface area is 178 Å². The van der Waals surface area contributed by atoms with Crippen molar-refractivity contribution in [3.05, 3.63) is 89.4 Å². The maximum absolute atomic E-state index is 12.6. The average Bonchev–Trinajstić information content (AvgIpc) is 3.37.